The van der Waals surface area contributed by atoms with Gasteiger partial charge in [0.15, 0.2) is 0 Å². The molecule has 19 heavy (non-hydrogen) atoms. The van der Waals surface area contributed by atoms with Gasteiger partial charge >= 0.3 is 5.97 Å². The molecule has 2 rings (SSSR count). The van der Waals surface area contributed by atoms with Crippen LogP contribution in [0.2, 0.25) is 0 Å². The van der Waals surface area contributed by atoms with Crippen LogP contribution >= 0.6 is 0 Å². The minimum absolute atomic E-state index is 0.318. The van der Waals surface area contributed by atoms with Gasteiger partial charge in [-0.3, -0.25) is 9.69 Å². The molecule has 2 fully saturated rings. The van der Waals surface area contributed by atoms with Gasteiger partial charge in [0.2, 0.25) is 0 Å². The number of hydrogen-bond donors (Lipinski definition) is 2. The van der Waals surface area contributed by atoms with Gasteiger partial charge in [-0.15, -0.1) is 0 Å². The van der Waals surface area contributed by atoms with Crippen molar-refractivity contribution in [2.75, 3.05) is 26.2 Å². The van der Waals surface area contributed by atoms with Crippen molar-refractivity contribution < 1.29 is 14.6 Å². The van der Waals surface area contributed by atoms with Crippen molar-refractivity contribution in [1.29, 1.82) is 0 Å². The summed E-state index contributed by atoms with van der Waals surface area (Å²) in [5, 5.41) is 12.7. The lowest BCUT2D eigenvalue weighted by Gasteiger charge is -2.41. The molecule has 3 atom stereocenters. The van der Waals surface area contributed by atoms with E-state index in [0.29, 0.717) is 18.7 Å². The minimum Gasteiger partial charge on any atom is -0.480 e. The monoisotopic (exact) mass is 270 g/mol. The van der Waals surface area contributed by atoms with E-state index in [2.05, 4.69) is 17.1 Å². The fraction of sp³-hybridized carbons (Fsp3) is 0.929. The Morgan fingerprint density at radius 3 is 3.00 bits per heavy atom. The van der Waals surface area contributed by atoms with E-state index in [0.717, 1.165) is 39.0 Å². The third kappa shape index (κ3) is 3.27. The summed E-state index contributed by atoms with van der Waals surface area (Å²) in [6.45, 7) is 6.72. The second kappa shape index (κ2) is 6.20. The number of carboxylic acid groups (broad SMARTS) is 1. The van der Waals surface area contributed by atoms with E-state index in [1.807, 2.05) is 0 Å². The van der Waals surface area contributed by atoms with Crippen LogP contribution in [0.4, 0.5) is 0 Å². The molecular weight excluding hydrogens is 244 g/mol. The quantitative estimate of drug-likeness (QED) is 0.756. The number of rotatable bonds is 6. The van der Waals surface area contributed by atoms with Gasteiger partial charge in [-0.25, -0.2) is 0 Å². The molecule has 1 aliphatic heterocycles. The van der Waals surface area contributed by atoms with Gasteiger partial charge in [0.25, 0.3) is 0 Å². The summed E-state index contributed by atoms with van der Waals surface area (Å²) in [5.74, 6) is -0.762. The third-order valence-corrected chi connectivity index (χ3v) is 4.35. The second-order valence-electron chi connectivity index (χ2n) is 5.94. The zero-order valence-corrected chi connectivity index (χ0v) is 12.0. The van der Waals surface area contributed by atoms with Gasteiger partial charge in [0.05, 0.1) is 12.7 Å². The maximum atomic E-state index is 11.6. The second-order valence-corrected chi connectivity index (χ2v) is 5.94. The van der Waals surface area contributed by atoms with Gasteiger partial charge in [-0.1, -0.05) is 6.92 Å². The van der Waals surface area contributed by atoms with Crippen LogP contribution in [0, 0.1) is 0 Å². The molecule has 0 aromatic rings. The highest BCUT2D eigenvalue weighted by atomic mass is 16.5. The molecule has 0 radical (unpaired) electrons. The number of ether oxygens (including phenoxy) is 1. The fourth-order valence-electron chi connectivity index (χ4n) is 3.21. The van der Waals surface area contributed by atoms with Crippen molar-refractivity contribution in [3.63, 3.8) is 0 Å². The molecule has 5 nitrogen and oxygen atoms in total. The Morgan fingerprint density at radius 1 is 1.53 bits per heavy atom. The molecule has 2 N–H and O–H groups in total. The average Bonchev–Trinajstić information content (AvgIpc) is 2.85. The van der Waals surface area contributed by atoms with Gasteiger partial charge < -0.3 is 15.2 Å². The number of fused-ring (bicyclic) bond motifs is 1. The lowest BCUT2D eigenvalue weighted by molar-refractivity contribution is -0.147. The molecule has 0 aromatic heterocycles. The van der Waals surface area contributed by atoms with Gasteiger partial charge in [-0.05, 0) is 39.2 Å². The zero-order chi connectivity index (χ0) is 13.9. The van der Waals surface area contributed by atoms with Crippen LogP contribution in [0.25, 0.3) is 0 Å². The van der Waals surface area contributed by atoms with E-state index >= 15 is 0 Å². The number of nitrogens with one attached hydrogen (secondary N) is 1. The number of carbonyl (C=O) groups is 1. The van der Waals surface area contributed by atoms with Crippen LogP contribution < -0.4 is 5.32 Å². The fourth-order valence-corrected chi connectivity index (χ4v) is 3.21. The molecule has 1 heterocycles. The molecule has 3 unspecified atom stereocenters. The van der Waals surface area contributed by atoms with Crippen LogP contribution in [-0.2, 0) is 9.53 Å². The van der Waals surface area contributed by atoms with Crippen molar-refractivity contribution in [2.24, 2.45) is 0 Å². The van der Waals surface area contributed by atoms with Crippen molar-refractivity contribution in [3.05, 3.63) is 0 Å². The molecule has 0 bridgehead atoms. The summed E-state index contributed by atoms with van der Waals surface area (Å²) < 4.78 is 5.78. The summed E-state index contributed by atoms with van der Waals surface area (Å²) in [6, 6.07) is 0.413. The lowest BCUT2D eigenvalue weighted by atomic mass is 9.99. The number of aliphatic carboxylic acids is 1. The van der Waals surface area contributed by atoms with E-state index in [-0.39, 0.29) is 0 Å². The van der Waals surface area contributed by atoms with Gasteiger partial charge in [-0.2, -0.15) is 0 Å². The molecule has 1 aliphatic carbocycles. The van der Waals surface area contributed by atoms with E-state index < -0.39 is 11.5 Å². The average molecular weight is 270 g/mol. The molecule has 110 valence electrons. The number of hydrogen-bond acceptors (Lipinski definition) is 4. The Morgan fingerprint density at radius 2 is 2.32 bits per heavy atom. The summed E-state index contributed by atoms with van der Waals surface area (Å²) in [5.41, 5.74) is -0.861. The number of morpholine rings is 1. The van der Waals surface area contributed by atoms with Crippen molar-refractivity contribution in [1.82, 2.24) is 10.2 Å². The zero-order valence-electron chi connectivity index (χ0n) is 12.0. The van der Waals surface area contributed by atoms with E-state index in [1.54, 1.807) is 6.92 Å². The topological polar surface area (TPSA) is 61.8 Å². The normalized spacial score (nSPS) is 30.8. The Labute approximate surface area is 115 Å². The smallest absolute Gasteiger partial charge is 0.324 e. The molecule has 1 saturated heterocycles. The van der Waals surface area contributed by atoms with Crippen LogP contribution in [0.1, 0.15) is 39.5 Å². The molecule has 0 aromatic carbocycles. The van der Waals surface area contributed by atoms with Crippen molar-refractivity contribution in [3.8, 4) is 0 Å². The first kappa shape index (κ1) is 14.8. The third-order valence-electron chi connectivity index (χ3n) is 4.35. The van der Waals surface area contributed by atoms with E-state index in [9.17, 15) is 9.90 Å². The number of nitrogens with zero attached hydrogens (tertiary/aromatic N) is 1. The predicted octanol–water partition coefficient (Wildman–Crippen LogP) is 1.08. The molecule has 2 aliphatic rings. The van der Waals surface area contributed by atoms with E-state index in [1.165, 1.54) is 6.42 Å². The van der Waals surface area contributed by atoms with Crippen LogP contribution in [-0.4, -0.2) is 59.9 Å². The maximum absolute atomic E-state index is 11.6. The van der Waals surface area contributed by atoms with Crippen molar-refractivity contribution in [2.45, 2.75) is 57.2 Å². The Hall–Kier alpha value is -0.650. The Bertz CT molecular complexity index is 324. The van der Waals surface area contributed by atoms with Crippen LogP contribution in [0.5, 0.6) is 0 Å². The highest BCUT2D eigenvalue weighted by Crippen LogP contribution is 2.30. The largest absolute Gasteiger partial charge is 0.480 e. The van der Waals surface area contributed by atoms with Crippen LogP contribution in [0.15, 0.2) is 0 Å². The highest BCUT2D eigenvalue weighted by Gasteiger charge is 2.41. The van der Waals surface area contributed by atoms with Crippen LogP contribution in [0.3, 0.4) is 0 Å². The molecule has 1 saturated carbocycles. The SMILES string of the molecule is CCCNC(C)(CN1CCOC2CCCC21)C(=O)O. The first-order valence-corrected chi connectivity index (χ1v) is 7.41. The molecular formula is C14H26N2O3. The Balaban J connectivity index is 2.01. The van der Waals surface area contributed by atoms with E-state index in [4.69, 9.17) is 4.74 Å². The Kier molecular flexibility index (Phi) is 4.81. The minimum atomic E-state index is -0.861. The standard InChI is InChI=1S/C14H26N2O3/c1-3-7-15-14(2,13(17)18)10-16-8-9-19-12-6-4-5-11(12)16/h11-12,15H,3-10H2,1-2H3,(H,17,18). The maximum Gasteiger partial charge on any atom is 0.324 e. The molecule has 0 spiro atoms. The summed E-state index contributed by atoms with van der Waals surface area (Å²) >= 11 is 0. The first-order valence-electron chi connectivity index (χ1n) is 7.41. The first-order chi connectivity index (χ1) is 9.07. The summed E-state index contributed by atoms with van der Waals surface area (Å²) in [4.78, 5) is 13.9. The number of carboxylic acids is 1. The summed E-state index contributed by atoms with van der Waals surface area (Å²) in [6.07, 6.45) is 4.70. The predicted molar refractivity (Wildman–Crippen MR) is 73.3 cm³/mol. The highest BCUT2D eigenvalue weighted by molar-refractivity contribution is 5.78. The van der Waals surface area contributed by atoms with Gasteiger partial charge in [0.1, 0.15) is 5.54 Å². The lowest BCUT2D eigenvalue weighted by Crippen LogP contribution is -2.61. The molecule has 0 amide bonds. The van der Waals surface area contributed by atoms with Gasteiger partial charge in [0, 0.05) is 19.1 Å². The molecule has 5 heteroatoms. The van der Waals surface area contributed by atoms with Crippen molar-refractivity contribution >= 4 is 5.97 Å². The summed E-state index contributed by atoms with van der Waals surface area (Å²) in [7, 11) is 0.